The predicted molar refractivity (Wildman–Crippen MR) is 134 cm³/mol. The molecule has 0 spiro atoms. The van der Waals surface area contributed by atoms with Crippen molar-refractivity contribution in [1.29, 1.82) is 5.26 Å². The minimum atomic E-state index is -0.211. The van der Waals surface area contributed by atoms with Gasteiger partial charge in [-0.15, -0.1) is 10.2 Å². The van der Waals surface area contributed by atoms with Crippen molar-refractivity contribution < 1.29 is 13.9 Å². The zero-order valence-corrected chi connectivity index (χ0v) is 21.4. The number of amides is 1. The summed E-state index contributed by atoms with van der Waals surface area (Å²) in [7, 11) is 0. The number of thioether (sulfide) groups is 1. The topological polar surface area (TPSA) is 114 Å². The minimum absolute atomic E-state index is 0.147. The average molecular weight is 498 g/mol. The Morgan fingerprint density at radius 3 is 2.69 bits per heavy atom. The number of hydrogen-bond acceptors (Lipinski definition) is 8. The Labute approximate surface area is 209 Å². The van der Waals surface area contributed by atoms with Crippen molar-refractivity contribution in [2.24, 2.45) is 5.92 Å². The highest BCUT2D eigenvalue weighted by atomic mass is 32.2. The molecule has 10 nitrogen and oxygen atoms in total. The molecule has 1 saturated heterocycles. The van der Waals surface area contributed by atoms with Crippen molar-refractivity contribution >= 4 is 29.4 Å². The van der Waals surface area contributed by atoms with Gasteiger partial charge in [0.2, 0.25) is 11.9 Å². The van der Waals surface area contributed by atoms with E-state index in [0.717, 1.165) is 42.6 Å². The van der Waals surface area contributed by atoms with E-state index in [9.17, 15) is 10.1 Å². The molecule has 3 aromatic rings. The number of morpholine rings is 1. The molecule has 1 fully saturated rings. The summed E-state index contributed by atoms with van der Waals surface area (Å²) in [4.78, 5) is 15.2. The van der Waals surface area contributed by atoms with Gasteiger partial charge in [-0.25, -0.2) is 0 Å². The third-order valence-corrected chi connectivity index (χ3v) is 6.93. The molecule has 0 saturated carbocycles. The number of furan rings is 1. The van der Waals surface area contributed by atoms with Gasteiger partial charge in [0.05, 0.1) is 37.3 Å². The molecular weight excluding hydrogens is 466 g/mol. The summed E-state index contributed by atoms with van der Waals surface area (Å²) >= 11 is 1.35. The quantitative estimate of drug-likeness (QED) is 0.447. The van der Waals surface area contributed by atoms with E-state index in [1.807, 2.05) is 30.5 Å². The van der Waals surface area contributed by atoms with Crippen LogP contribution in [0.1, 0.15) is 36.4 Å². The van der Waals surface area contributed by atoms with Crippen LogP contribution in [0.25, 0.3) is 0 Å². The van der Waals surface area contributed by atoms with Crippen LogP contribution in [0.5, 0.6) is 0 Å². The van der Waals surface area contributed by atoms with E-state index in [2.05, 4.69) is 44.9 Å². The first kappa shape index (κ1) is 24.9. The molecular formula is C24H31N7O3S. The molecule has 186 valence electrons. The van der Waals surface area contributed by atoms with Gasteiger partial charge in [0, 0.05) is 25.3 Å². The molecule has 1 aliphatic heterocycles. The smallest absolute Gasteiger partial charge is 0.235 e. The van der Waals surface area contributed by atoms with Crippen LogP contribution in [-0.4, -0.2) is 57.3 Å². The summed E-state index contributed by atoms with van der Waals surface area (Å²) in [5.74, 6) is 2.38. The van der Waals surface area contributed by atoms with Crippen LogP contribution in [0.2, 0.25) is 0 Å². The third-order valence-electron chi connectivity index (χ3n) is 5.96. The summed E-state index contributed by atoms with van der Waals surface area (Å²) in [5, 5.41) is 22.2. The molecule has 0 atom stereocenters. The molecule has 0 bridgehead atoms. The SMILES string of the molecule is Cc1c(C#N)c(NC(=O)CSc2nnc(N3CCOCC3)n2CC(C)C)n(Cc2ccco2)c1C. The maximum atomic E-state index is 13.0. The Kier molecular flexibility index (Phi) is 7.83. The number of ether oxygens (including phenoxy) is 1. The lowest BCUT2D eigenvalue weighted by Crippen LogP contribution is -2.38. The highest BCUT2D eigenvalue weighted by molar-refractivity contribution is 7.99. The largest absolute Gasteiger partial charge is 0.467 e. The van der Waals surface area contributed by atoms with E-state index in [4.69, 9.17) is 9.15 Å². The number of carbonyl (C=O) groups is 1. The number of nitriles is 1. The number of anilines is 2. The monoisotopic (exact) mass is 497 g/mol. The summed E-state index contributed by atoms with van der Waals surface area (Å²) in [6.07, 6.45) is 1.61. The summed E-state index contributed by atoms with van der Waals surface area (Å²) in [5.41, 5.74) is 2.21. The number of nitrogens with zero attached hydrogens (tertiary/aromatic N) is 6. The minimum Gasteiger partial charge on any atom is -0.467 e. The molecule has 1 amide bonds. The molecule has 0 unspecified atom stereocenters. The number of nitrogens with one attached hydrogen (secondary N) is 1. The Balaban J connectivity index is 1.50. The molecule has 3 aromatic heterocycles. The van der Waals surface area contributed by atoms with Gasteiger partial charge in [-0.2, -0.15) is 5.26 Å². The molecule has 35 heavy (non-hydrogen) atoms. The lowest BCUT2D eigenvalue weighted by atomic mass is 10.2. The number of rotatable bonds is 9. The molecule has 0 radical (unpaired) electrons. The molecule has 0 aliphatic carbocycles. The predicted octanol–water partition coefficient (Wildman–Crippen LogP) is 3.43. The first-order valence-electron chi connectivity index (χ1n) is 11.7. The average Bonchev–Trinajstić information content (AvgIpc) is 3.55. The lowest BCUT2D eigenvalue weighted by Gasteiger charge is -2.28. The van der Waals surface area contributed by atoms with Crippen LogP contribution in [-0.2, 0) is 22.6 Å². The Bertz CT molecular complexity index is 1200. The maximum Gasteiger partial charge on any atom is 0.235 e. The normalized spacial score (nSPS) is 13.9. The van der Waals surface area contributed by atoms with E-state index in [0.29, 0.717) is 42.2 Å². The molecule has 4 heterocycles. The van der Waals surface area contributed by atoms with Crippen molar-refractivity contribution in [3.8, 4) is 6.07 Å². The van der Waals surface area contributed by atoms with E-state index < -0.39 is 0 Å². The number of carbonyl (C=O) groups excluding carboxylic acids is 1. The molecule has 0 aromatic carbocycles. The lowest BCUT2D eigenvalue weighted by molar-refractivity contribution is -0.113. The zero-order valence-electron chi connectivity index (χ0n) is 20.6. The van der Waals surface area contributed by atoms with Gasteiger partial charge < -0.3 is 23.9 Å². The summed E-state index contributed by atoms with van der Waals surface area (Å²) < 4.78 is 15.0. The van der Waals surface area contributed by atoms with Gasteiger partial charge in [0.15, 0.2) is 5.16 Å². The standard InChI is InChI=1S/C24H31N7O3S/c1-16(2)13-31-23(29-7-10-33-11-8-29)27-28-24(31)35-15-21(32)26-22-20(12-25)17(3)18(4)30(22)14-19-6-5-9-34-19/h5-6,9,16H,7-8,10-11,13-15H2,1-4H3,(H,26,32). The van der Waals surface area contributed by atoms with Crippen LogP contribution < -0.4 is 10.2 Å². The van der Waals surface area contributed by atoms with Crippen LogP contribution in [0.3, 0.4) is 0 Å². The highest BCUT2D eigenvalue weighted by Gasteiger charge is 2.23. The second-order valence-corrected chi connectivity index (χ2v) is 9.88. The number of hydrogen-bond donors (Lipinski definition) is 1. The maximum absolute atomic E-state index is 13.0. The first-order valence-corrected chi connectivity index (χ1v) is 12.7. The van der Waals surface area contributed by atoms with Gasteiger partial charge in [-0.1, -0.05) is 25.6 Å². The van der Waals surface area contributed by atoms with Gasteiger partial charge in [-0.05, 0) is 37.5 Å². The Hall–Kier alpha value is -3.23. The molecule has 1 aliphatic rings. The van der Waals surface area contributed by atoms with Gasteiger partial charge in [0.25, 0.3) is 0 Å². The van der Waals surface area contributed by atoms with Crippen molar-refractivity contribution in [3.63, 3.8) is 0 Å². The van der Waals surface area contributed by atoms with Crippen molar-refractivity contribution in [2.75, 3.05) is 42.3 Å². The van der Waals surface area contributed by atoms with Crippen LogP contribution in [0, 0.1) is 31.1 Å². The summed E-state index contributed by atoms with van der Waals surface area (Å²) in [6.45, 7) is 12.2. The fourth-order valence-electron chi connectivity index (χ4n) is 4.09. The fraction of sp³-hybridized carbons (Fsp3) is 0.500. The van der Waals surface area contributed by atoms with Crippen LogP contribution in [0.4, 0.5) is 11.8 Å². The second kappa shape index (κ2) is 11.0. The van der Waals surface area contributed by atoms with E-state index in [1.165, 1.54) is 11.8 Å². The molecule has 11 heteroatoms. The third kappa shape index (κ3) is 5.55. The zero-order chi connectivity index (χ0) is 24.9. The van der Waals surface area contributed by atoms with Crippen molar-refractivity contribution in [1.82, 2.24) is 19.3 Å². The van der Waals surface area contributed by atoms with Gasteiger partial charge in [-0.3, -0.25) is 9.36 Å². The number of aromatic nitrogens is 4. The Morgan fingerprint density at radius 2 is 2.03 bits per heavy atom. The van der Waals surface area contributed by atoms with Crippen LogP contribution >= 0.6 is 11.8 Å². The van der Waals surface area contributed by atoms with Crippen molar-refractivity contribution in [3.05, 3.63) is 41.0 Å². The van der Waals surface area contributed by atoms with E-state index in [-0.39, 0.29) is 11.7 Å². The van der Waals surface area contributed by atoms with E-state index in [1.54, 1.807) is 6.26 Å². The van der Waals surface area contributed by atoms with Crippen LogP contribution in [0.15, 0.2) is 28.0 Å². The van der Waals surface area contributed by atoms with Gasteiger partial charge in [0.1, 0.15) is 17.6 Å². The fourth-order valence-corrected chi connectivity index (χ4v) is 4.84. The van der Waals surface area contributed by atoms with E-state index >= 15 is 0 Å². The highest BCUT2D eigenvalue weighted by Crippen LogP contribution is 2.29. The second-order valence-electron chi connectivity index (χ2n) is 8.93. The Morgan fingerprint density at radius 1 is 1.26 bits per heavy atom. The van der Waals surface area contributed by atoms with Gasteiger partial charge >= 0.3 is 0 Å². The first-order chi connectivity index (χ1) is 16.9. The summed E-state index contributed by atoms with van der Waals surface area (Å²) in [6, 6.07) is 5.93. The molecule has 1 N–H and O–H groups in total. The van der Waals surface area contributed by atoms with Crippen molar-refractivity contribution in [2.45, 2.75) is 45.9 Å². The molecule has 4 rings (SSSR count).